The summed E-state index contributed by atoms with van der Waals surface area (Å²) in [4.78, 5) is 4.10. The molecule has 19 heavy (non-hydrogen) atoms. The van der Waals surface area contributed by atoms with Crippen molar-refractivity contribution in [2.75, 3.05) is 11.9 Å². The summed E-state index contributed by atoms with van der Waals surface area (Å²) in [6.45, 7) is -0.0294. The van der Waals surface area contributed by atoms with Gasteiger partial charge in [0.05, 0.1) is 17.7 Å². The van der Waals surface area contributed by atoms with Gasteiger partial charge < -0.3 is 10.4 Å². The first-order valence-electron chi connectivity index (χ1n) is 5.53. The van der Waals surface area contributed by atoms with Crippen LogP contribution in [0.5, 0.6) is 0 Å². The van der Waals surface area contributed by atoms with Crippen molar-refractivity contribution < 1.29 is 5.11 Å². The van der Waals surface area contributed by atoms with Crippen LogP contribution in [0.15, 0.2) is 45.6 Å². The monoisotopic (exact) mass is 404 g/mol. The zero-order valence-electron chi connectivity index (χ0n) is 9.78. The van der Waals surface area contributed by atoms with Gasteiger partial charge in [0.2, 0.25) is 0 Å². The topological polar surface area (TPSA) is 45.1 Å². The molecule has 3 nitrogen and oxygen atoms in total. The molecule has 0 fully saturated rings. The Bertz CT molecular complexity index is 580. The number of halogens is 3. The molecule has 0 aliphatic rings. The zero-order chi connectivity index (χ0) is 13.8. The Morgan fingerprint density at radius 2 is 2.05 bits per heavy atom. The van der Waals surface area contributed by atoms with Gasteiger partial charge in [0, 0.05) is 27.0 Å². The van der Waals surface area contributed by atoms with Crippen LogP contribution in [0.1, 0.15) is 11.6 Å². The fourth-order valence-electron chi connectivity index (χ4n) is 1.64. The van der Waals surface area contributed by atoms with Gasteiger partial charge in [-0.3, -0.25) is 4.98 Å². The van der Waals surface area contributed by atoms with E-state index in [9.17, 15) is 5.11 Å². The van der Waals surface area contributed by atoms with Crippen LogP contribution in [-0.2, 0) is 0 Å². The second kappa shape index (κ2) is 6.70. The van der Waals surface area contributed by atoms with Gasteiger partial charge in [0.1, 0.15) is 0 Å². The van der Waals surface area contributed by atoms with Crippen LogP contribution in [0.3, 0.4) is 0 Å². The Labute approximate surface area is 133 Å². The predicted octanol–water partition coefficient (Wildman–Crippen LogP) is 4.41. The molecule has 2 aromatic rings. The number of nitrogens with one attached hydrogen (secondary N) is 1. The molecular weight excluding hydrogens is 395 g/mol. The van der Waals surface area contributed by atoms with Crippen LogP contribution in [0.4, 0.5) is 5.69 Å². The number of aromatic nitrogens is 1. The quantitative estimate of drug-likeness (QED) is 0.791. The van der Waals surface area contributed by atoms with Crippen molar-refractivity contribution in [3.05, 3.63) is 56.2 Å². The van der Waals surface area contributed by atoms with Crippen molar-refractivity contribution in [3.8, 4) is 0 Å². The van der Waals surface area contributed by atoms with Crippen molar-refractivity contribution in [1.29, 1.82) is 0 Å². The van der Waals surface area contributed by atoms with E-state index in [2.05, 4.69) is 42.2 Å². The molecule has 100 valence electrons. The zero-order valence-corrected chi connectivity index (χ0v) is 13.7. The molecule has 0 amide bonds. The molecule has 0 spiro atoms. The molecule has 1 heterocycles. The van der Waals surface area contributed by atoms with E-state index in [1.165, 1.54) is 0 Å². The average Bonchev–Trinajstić information content (AvgIpc) is 2.40. The van der Waals surface area contributed by atoms with E-state index in [1.54, 1.807) is 18.5 Å². The molecule has 0 saturated carbocycles. The van der Waals surface area contributed by atoms with E-state index in [-0.39, 0.29) is 12.6 Å². The summed E-state index contributed by atoms with van der Waals surface area (Å²) in [7, 11) is 0. The van der Waals surface area contributed by atoms with E-state index >= 15 is 0 Å². The highest BCUT2D eigenvalue weighted by Crippen LogP contribution is 2.28. The molecule has 1 aromatic carbocycles. The maximum Gasteiger partial charge on any atom is 0.0760 e. The summed E-state index contributed by atoms with van der Waals surface area (Å²) in [5.41, 5.74) is 1.78. The first-order chi connectivity index (χ1) is 9.10. The summed E-state index contributed by atoms with van der Waals surface area (Å²) >= 11 is 12.7. The molecule has 0 saturated heterocycles. The van der Waals surface area contributed by atoms with Gasteiger partial charge in [-0.1, -0.05) is 11.6 Å². The van der Waals surface area contributed by atoms with Gasteiger partial charge in [0.15, 0.2) is 0 Å². The lowest BCUT2D eigenvalue weighted by Gasteiger charge is -2.18. The number of pyridine rings is 1. The van der Waals surface area contributed by atoms with Crippen LogP contribution in [0, 0.1) is 0 Å². The lowest BCUT2D eigenvalue weighted by molar-refractivity contribution is 0.276. The fraction of sp³-hybridized carbons (Fsp3) is 0.154. The summed E-state index contributed by atoms with van der Waals surface area (Å²) in [5.74, 6) is 0. The van der Waals surface area contributed by atoms with Crippen molar-refractivity contribution in [1.82, 2.24) is 4.98 Å². The highest BCUT2D eigenvalue weighted by molar-refractivity contribution is 9.10. The standard InChI is InChI=1S/C13H11Br2ClN2O/c14-9-3-8(5-17-6-9)13(7-19)18-10-1-2-12(16)11(15)4-10/h1-6,13,18-19H,7H2. The number of aliphatic hydroxyl groups excluding tert-OH is 1. The third kappa shape index (κ3) is 3.92. The van der Waals surface area contributed by atoms with Gasteiger partial charge in [-0.05, 0) is 61.7 Å². The van der Waals surface area contributed by atoms with Gasteiger partial charge in [0.25, 0.3) is 0 Å². The van der Waals surface area contributed by atoms with Crippen LogP contribution >= 0.6 is 43.5 Å². The number of anilines is 1. The van der Waals surface area contributed by atoms with Crippen LogP contribution < -0.4 is 5.32 Å². The molecule has 0 bridgehead atoms. The minimum absolute atomic E-state index is 0.0294. The Hall–Kier alpha value is -0.620. The van der Waals surface area contributed by atoms with E-state index in [1.807, 2.05) is 18.2 Å². The highest BCUT2D eigenvalue weighted by atomic mass is 79.9. The molecule has 1 unspecified atom stereocenters. The normalized spacial score (nSPS) is 12.2. The molecular formula is C13H11Br2ClN2O. The van der Waals surface area contributed by atoms with Gasteiger partial charge in [-0.15, -0.1) is 0 Å². The fourth-order valence-corrected chi connectivity index (χ4v) is 2.52. The number of nitrogens with zero attached hydrogens (tertiary/aromatic N) is 1. The second-order valence-corrected chi connectivity index (χ2v) is 6.12. The number of benzene rings is 1. The van der Waals surface area contributed by atoms with Gasteiger partial charge >= 0.3 is 0 Å². The third-order valence-corrected chi connectivity index (χ3v) is 4.22. The second-order valence-electron chi connectivity index (χ2n) is 3.94. The number of rotatable bonds is 4. The van der Waals surface area contributed by atoms with Gasteiger partial charge in [-0.25, -0.2) is 0 Å². The molecule has 0 aliphatic heterocycles. The summed E-state index contributed by atoms with van der Waals surface area (Å²) in [6.07, 6.45) is 3.43. The SMILES string of the molecule is OCC(Nc1ccc(Cl)c(Br)c1)c1cncc(Br)c1. The van der Waals surface area contributed by atoms with E-state index < -0.39 is 0 Å². The molecule has 1 atom stereocenters. The number of hydrogen-bond donors (Lipinski definition) is 2. The lowest BCUT2D eigenvalue weighted by Crippen LogP contribution is -2.15. The molecule has 6 heteroatoms. The van der Waals surface area contributed by atoms with E-state index in [0.717, 1.165) is 20.2 Å². The maximum atomic E-state index is 9.51. The first-order valence-corrected chi connectivity index (χ1v) is 7.49. The molecule has 2 N–H and O–H groups in total. The minimum atomic E-state index is -0.224. The van der Waals surface area contributed by atoms with Crippen molar-refractivity contribution in [2.45, 2.75) is 6.04 Å². The Kier molecular flexibility index (Phi) is 5.21. The van der Waals surface area contributed by atoms with Crippen molar-refractivity contribution in [3.63, 3.8) is 0 Å². The van der Waals surface area contributed by atoms with Crippen LogP contribution in [0.25, 0.3) is 0 Å². The summed E-state index contributed by atoms with van der Waals surface area (Å²) < 4.78 is 1.69. The molecule has 0 aliphatic carbocycles. The summed E-state index contributed by atoms with van der Waals surface area (Å²) in [6, 6.07) is 7.23. The Morgan fingerprint density at radius 1 is 1.26 bits per heavy atom. The third-order valence-electron chi connectivity index (χ3n) is 2.57. The van der Waals surface area contributed by atoms with E-state index in [4.69, 9.17) is 11.6 Å². The number of aliphatic hydroxyl groups is 1. The minimum Gasteiger partial charge on any atom is -0.394 e. The molecule has 2 rings (SSSR count). The summed E-state index contributed by atoms with van der Waals surface area (Å²) in [5, 5.41) is 13.4. The highest BCUT2D eigenvalue weighted by Gasteiger charge is 2.11. The van der Waals surface area contributed by atoms with Crippen LogP contribution in [-0.4, -0.2) is 16.7 Å². The predicted molar refractivity (Wildman–Crippen MR) is 84.5 cm³/mol. The Balaban J connectivity index is 2.21. The van der Waals surface area contributed by atoms with E-state index in [0.29, 0.717) is 5.02 Å². The van der Waals surface area contributed by atoms with Crippen molar-refractivity contribution in [2.24, 2.45) is 0 Å². The number of hydrogen-bond acceptors (Lipinski definition) is 3. The molecule has 0 radical (unpaired) electrons. The smallest absolute Gasteiger partial charge is 0.0760 e. The maximum absolute atomic E-state index is 9.51. The average molecular weight is 407 g/mol. The van der Waals surface area contributed by atoms with Crippen LogP contribution in [0.2, 0.25) is 5.02 Å². The van der Waals surface area contributed by atoms with Crippen molar-refractivity contribution >= 4 is 49.1 Å². The van der Waals surface area contributed by atoms with Gasteiger partial charge in [-0.2, -0.15) is 0 Å². The Morgan fingerprint density at radius 3 is 2.68 bits per heavy atom. The first kappa shape index (κ1) is 14.8. The molecule has 1 aromatic heterocycles. The largest absolute Gasteiger partial charge is 0.394 e. The lowest BCUT2D eigenvalue weighted by atomic mass is 10.1.